The number of ether oxygens (including phenoxy) is 1. The number of carbonyl (C=O) groups is 2. The molecule has 2 N–H and O–H groups in total. The van der Waals surface area contributed by atoms with Crippen molar-refractivity contribution in [2.75, 3.05) is 26.8 Å². The van der Waals surface area contributed by atoms with Crippen LogP contribution in [-0.4, -0.2) is 54.4 Å². The molecule has 1 aliphatic heterocycles. The minimum absolute atomic E-state index is 0.334. The van der Waals surface area contributed by atoms with Crippen LogP contribution in [0.25, 0.3) is 0 Å². The molecule has 1 saturated heterocycles. The summed E-state index contributed by atoms with van der Waals surface area (Å²) in [5.41, 5.74) is -1.07. The van der Waals surface area contributed by atoms with Gasteiger partial charge in [0.2, 0.25) is 0 Å². The molecule has 92 valence electrons. The molecule has 1 atom stereocenters. The summed E-state index contributed by atoms with van der Waals surface area (Å²) in [6.45, 7) is 2.88. The minimum atomic E-state index is -1.07. The van der Waals surface area contributed by atoms with E-state index in [4.69, 9.17) is 9.84 Å². The molecule has 0 bridgehead atoms. The van der Waals surface area contributed by atoms with E-state index in [1.807, 2.05) is 0 Å². The second kappa shape index (κ2) is 5.16. The van der Waals surface area contributed by atoms with E-state index in [-0.39, 0.29) is 6.03 Å². The third-order valence-corrected chi connectivity index (χ3v) is 2.93. The lowest BCUT2D eigenvalue weighted by Crippen LogP contribution is -2.54. The normalized spacial score (nSPS) is 24.5. The molecule has 2 amide bonds. The second-order valence-electron chi connectivity index (χ2n) is 4.06. The average molecular weight is 230 g/mol. The van der Waals surface area contributed by atoms with Gasteiger partial charge >= 0.3 is 12.0 Å². The Balaban J connectivity index is 2.58. The van der Waals surface area contributed by atoms with E-state index in [1.165, 1.54) is 4.90 Å². The molecule has 1 aliphatic rings. The number of likely N-dealkylation sites (tertiary alicyclic amines) is 1. The predicted molar refractivity (Wildman–Crippen MR) is 57.3 cm³/mol. The number of carboxylic acid groups (broad SMARTS) is 1. The fourth-order valence-electron chi connectivity index (χ4n) is 1.87. The fraction of sp³-hybridized carbons (Fsp3) is 0.800. The van der Waals surface area contributed by atoms with Gasteiger partial charge in [-0.15, -0.1) is 0 Å². The topological polar surface area (TPSA) is 78.9 Å². The van der Waals surface area contributed by atoms with Crippen molar-refractivity contribution in [2.45, 2.75) is 25.3 Å². The molecule has 0 spiro atoms. The largest absolute Gasteiger partial charge is 0.480 e. The highest BCUT2D eigenvalue weighted by atomic mass is 16.5. The van der Waals surface area contributed by atoms with Crippen molar-refractivity contribution in [3.05, 3.63) is 0 Å². The molecule has 1 heterocycles. The zero-order chi connectivity index (χ0) is 12.2. The van der Waals surface area contributed by atoms with Crippen LogP contribution in [0.3, 0.4) is 0 Å². The first kappa shape index (κ1) is 12.8. The number of rotatable bonds is 4. The smallest absolute Gasteiger partial charge is 0.329 e. The van der Waals surface area contributed by atoms with E-state index in [2.05, 4.69) is 5.32 Å². The first-order chi connectivity index (χ1) is 7.52. The standard InChI is InChI=1S/C10H18N2O4/c1-10(8(13)14)4-3-6-12(10)9(15)11-5-7-16-2/h3-7H2,1-2H3,(H,11,15)(H,13,14). The van der Waals surface area contributed by atoms with Crippen molar-refractivity contribution >= 4 is 12.0 Å². The van der Waals surface area contributed by atoms with Gasteiger partial charge in [0.25, 0.3) is 0 Å². The number of hydrogen-bond donors (Lipinski definition) is 2. The van der Waals surface area contributed by atoms with Gasteiger partial charge in [0.05, 0.1) is 6.61 Å². The van der Waals surface area contributed by atoms with Gasteiger partial charge in [-0.1, -0.05) is 0 Å². The summed E-state index contributed by atoms with van der Waals surface area (Å²) >= 11 is 0. The molecule has 0 aromatic carbocycles. The van der Waals surface area contributed by atoms with Gasteiger partial charge in [0, 0.05) is 20.2 Å². The Hall–Kier alpha value is -1.30. The molecule has 0 radical (unpaired) electrons. The van der Waals surface area contributed by atoms with Crippen LogP contribution in [0.15, 0.2) is 0 Å². The lowest BCUT2D eigenvalue weighted by Gasteiger charge is -2.31. The fourth-order valence-corrected chi connectivity index (χ4v) is 1.87. The van der Waals surface area contributed by atoms with Gasteiger partial charge in [-0.3, -0.25) is 0 Å². The first-order valence-corrected chi connectivity index (χ1v) is 5.30. The lowest BCUT2D eigenvalue weighted by atomic mass is 10.00. The van der Waals surface area contributed by atoms with Crippen LogP contribution in [0.4, 0.5) is 4.79 Å². The number of methoxy groups -OCH3 is 1. The van der Waals surface area contributed by atoms with Gasteiger partial charge in [-0.2, -0.15) is 0 Å². The maximum Gasteiger partial charge on any atom is 0.329 e. The highest BCUT2D eigenvalue weighted by Gasteiger charge is 2.45. The van der Waals surface area contributed by atoms with Crippen LogP contribution in [-0.2, 0) is 9.53 Å². The van der Waals surface area contributed by atoms with Gasteiger partial charge in [0.1, 0.15) is 5.54 Å². The average Bonchev–Trinajstić information content (AvgIpc) is 2.62. The third kappa shape index (κ3) is 2.44. The number of hydrogen-bond acceptors (Lipinski definition) is 3. The lowest BCUT2D eigenvalue weighted by molar-refractivity contribution is -0.147. The molecule has 6 heteroatoms. The zero-order valence-electron chi connectivity index (χ0n) is 9.65. The monoisotopic (exact) mass is 230 g/mol. The van der Waals surface area contributed by atoms with Gasteiger partial charge in [-0.25, -0.2) is 9.59 Å². The summed E-state index contributed by atoms with van der Waals surface area (Å²) in [4.78, 5) is 24.2. The summed E-state index contributed by atoms with van der Waals surface area (Å²) < 4.78 is 4.80. The van der Waals surface area contributed by atoms with Crippen LogP contribution in [0.5, 0.6) is 0 Å². The van der Waals surface area contributed by atoms with Crippen LogP contribution in [0.1, 0.15) is 19.8 Å². The Morgan fingerprint density at radius 2 is 2.25 bits per heavy atom. The molecule has 0 aliphatic carbocycles. The summed E-state index contributed by atoms with van der Waals surface area (Å²) in [7, 11) is 1.55. The number of nitrogens with zero attached hydrogens (tertiary/aromatic N) is 1. The summed E-state index contributed by atoms with van der Waals surface area (Å²) in [5.74, 6) is -0.952. The Bertz CT molecular complexity index is 282. The van der Waals surface area contributed by atoms with E-state index in [9.17, 15) is 9.59 Å². The highest BCUT2D eigenvalue weighted by Crippen LogP contribution is 2.28. The summed E-state index contributed by atoms with van der Waals surface area (Å²) in [6, 6.07) is -0.334. The van der Waals surface area contributed by atoms with Crippen molar-refractivity contribution in [2.24, 2.45) is 0 Å². The molecule has 16 heavy (non-hydrogen) atoms. The number of amides is 2. The Morgan fingerprint density at radius 3 is 2.81 bits per heavy atom. The Kier molecular flexibility index (Phi) is 4.12. The van der Waals surface area contributed by atoms with Gasteiger partial charge in [-0.05, 0) is 19.8 Å². The molecule has 1 unspecified atom stereocenters. The van der Waals surface area contributed by atoms with Crippen molar-refractivity contribution in [3.63, 3.8) is 0 Å². The molecular weight excluding hydrogens is 212 g/mol. The number of aliphatic carboxylic acids is 1. The van der Waals surface area contributed by atoms with E-state index in [0.29, 0.717) is 26.1 Å². The van der Waals surface area contributed by atoms with Crippen LogP contribution >= 0.6 is 0 Å². The third-order valence-electron chi connectivity index (χ3n) is 2.93. The molecular formula is C10H18N2O4. The SMILES string of the molecule is COCCNC(=O)N1CCCC1(C)C(=O)O. The minimum Gasteiger partial charge on any atom is -0.480 e. The molecule has 0 aromatic heterocycles. The van der Waals surface area contributed by atoms with Crippen LogP contribution < -0.4 is 5.32 Å². The molecule has 1 fully saturated rings. The summed E-state index contributed by atoms with van der Waals surface area (Å²) in [6.07, 6.45) is 1.22. The van der Waals surface area contributed by atoms with Crippen molar-refractivity contribution in [1.82, 2.24) is 10.2 Å². The van der Waals surface area contributed by atoms with Crippen LogP contribution in [0.2, 0.25) is 0 Å². The number of nitrogens with one attached hydrogen (secondary N) is 1. The molecule has 6 nitrogen and oxygen atoms in total. The number of carboxylic acids is 1. The maximum atomic E-state index is 11.7. The van der Waals surface area contributed by atoms with E-state index in [1.54, 1.807) is 14.0 Å². The Labute approximate surface area is 94.6 Å². The maximum absolute atomic E-state index is 11.7. The molecule has 1 rings (SSSR count). The van der Waals surface area contributed by atoms with E-state index in [0.717, 1.165) is 6.42 Å². The quantitative estimate of drug-likeness (QED) is 0.680. The second-order valence-corrected chi connectivity index (χ2v) is 4.06. The molecule has 0 saturated carbocycles. The van der Waals surface area contributed by atoms with Crippen molar-refractivity contribution in [3.8, 4) is 0 Å². The number of urea groups is 1. The van der Waals surface area contributed by atoms with Crippen LogP contribution in [0, 0.1) is 0 Å². The van der Waals surface area contributed by atoms with Crippen molar-refractivity contribution < 1.29 is 19.4 Å². The zero-order valence-corrected chi connectivity index (χ0v) is 9.65. The van der Waals surface area contributed by atoms with E-state index >= 15 is 0 Å². The Morgan fingerprint density at radius 1 is 1.56 bits per heavy atom. The predicted octanol–water partition coefficient (Wildman–Crippen LogP) is 0.281. The highest BCUT2D eigenvalue weighted by molar-refractivity contribution is 5.86. The van der Waals surface area contributed by atoms with Crippen molar-refractivity contribution in [1.29, 1.82) is 0 Å². The van der Waals surface area contributed by atoms with Gasteiger partial charge in [0.15, 0.2) is 0 Å². The summed E-state index contributed by atoms with van der Waals surface area (Å²) in [5, 5.41) is 11.8. The van der Waals surface area contributed by atoms with Gasteiger partial charge < -0.3 is 20.1 Å². The molecule has 0 aromatic rings. The first-order valence-electron chi connectivity index (χ1n) is 5.30. The number of carbonyl (C=O) groups excluding carboxylic acids is 1. The van der Waals surface area contributed by atoms with E-state index < -0.39 is 11.5 Å².